The monoisotopic (exact) mass is 365 g/mol. The predicted molar refractivity (Wildman–Crippen MR) is 105 cm³/mol. The number of ether oxygens (including phenoxy) is 1. The Labute approximate surface area is 158 Å². The number of fused-ring (bicyclic) bond motifs is 1. The second kappa shape index (κ2) is 7.66. The minimum absolute atomic E-state index is 0.123. The van der Waals surface area contributed by atoms with Gasteiger partial charge in [0, 0.05) is 17.5 Å². The van der Waals surface area contributed by atoms with Gasteiger partial charge in [0.15, 0.2) is 6.10 Å². The van der Waals surface area contributed by atoms with Crippen molar-refractivity contribution in [3.05, 3.63) is 75.6 Å². The molecule has 2 aromatic carbocycles. The Morgan fingerprint density at radius 1 is 1.04 bits per heavy atom. The zero-order valence-electron chi connectivity index (χ0n) is 15.9. The van der Waals surface area contributed by atoms with Crippen molar-refractivity contribution in [3.8, 4) is 5.75 Å². The summed E-state index contributed by atoms with van der Waals surface area (Å²) in [6, 6.07) is 14.5. The summed E-state index contributed by atoms with van der Waals surface area (Å²) in [6.45, 7) is 7.50. The average molecular weight is 365 g/mol. The van der Waals surface area contributed by atoms with Gasteiger partial charge in [-0.15, -0.1) is 0 Å². The van der Waals surface area contributed by atoms with Crippen LogP contribution >= 0.6 is 0 Å². The Morgan fingerprint density at radius 2 is 1.78 bits per heavy atom. The standard InChI is InChI=1S/C22H23NO4/c1-13-7-5-6-8-18(13)15(3)23-22(25)16(4)26-17-9-10-19-14(2)11-21(24)27-20(19)12-17/h5-12,15-16H,1-4H3,(H,23,25). The summed E-state index contributed by atoms with van der Waals surface area (Å²) < 4.78 is 11.0. The Morgan fingerprint density at radius 3 is 2.52 bits per heavy atom. The summed E-state index contributed by atoms with van der Waals surface area (Å²) >= 11 is 0. The number of amides is 1. The molecular formula is C22H23NO4. The third kappa shape index (κ3) is 4.19. The highest BCUT2D eigenvalue weighted by atomic mass is 16.5. The van der Waals surface area contributed by atoms with Crippen LogP contribution < -0.4 is 15.7 Å². The van der Waals surface area contributed by atoms with E-state index in [-0.39, 0.29) is 11.9 Å². The van der Waals surface area contributed by atoms with Crippen molar-refractivity contribution in [1.29, 1.82) is 0 Å². The lowest BCUT2D eigenvalue weighted by atomic mass is 10.0. The number of nitrogens with one attached hydrogen (secondary N) is 1. The van der Waals surface area contributed by atoms with Crippen LogP contribution in [0.25, 0.3) is 11.0 Å². The van der Waals surface area contributed by atoms with Crippen molar-refractivity contribution >= 4 is 16.9 Å². The first-order chi connectivity index (χ1) is 12.8. The number of benzene rings is 2. The molecule has 0 fully saturated rings. The van der Waals surface area contributed by atoms with Crippen LogP contribution in [0.15, 0.2) is 57.7 Å². The SMILES string of the molecule is Cc1ccccc1C(C)NC(=O)C(C)Oc1ccc2c(C)cc(=O)oc2c1. The number of rotatable bonds is 5. The van der Waals surface area contributed by atoms with Gasteiger partial charge in [0.05, 0.1) is 6.04 Å². The maximum absolute atomic E-state index is 12.5. The zero-order valence-corrected chi connectivity index (χ0v) is 15.9. The molecule has 2 atom stereocenters. The van der Waals surface area contributed by atoms with E-state index in [4.69, 9.17) is 9.15 Å². The van der Waals surface area contributed by atoms with E-state index < -0.39 is 11.7 Å². The van der Waals surface area contributed by atoms with Gasteiger partial charge in [-0.05, 0) is 56.5 Å². The molecule has 3 aromatic rings. The fourth-order valence-corrected chi connectivity index (χ4v) is 3.12. The maximum Gasteiger partial charge on any atom is 0.336 e. The van der Waals surface area contributed by atoms with Crippen LogP contribution in [0.2, 0.25) is 0 Å². The lowest BCUT2D eigenvalue weighted by molar-refractivity contribution is -0.127. The van der Waals surface area contributed by atoms with E-state index >= 15 is 0 Å². The van der Waals surface area contributed by atoms with Crippen LogP contribution in [0, 0.1) is 13.8 Å². The van der Waals surface area contributed by atoms with Crippen molar-refractivity contribution in [1.82, 2.24) is 5.32 Å². The van der Waals surface area contributed by atoms with Gasteiger partial charge in [-0.25, -0.2) is 4.79 Å². The number of hydrogen-bond acceptors (Lipinski definition) is 4. The molecule has 3 rings (SSSR count). The van der Waals surface area contributed by atoms with Gasteiger partial charge in [-0.3, -0.25) is 4.79 Å². The van der Waals surface area contributed by atoms with Crippen LogP contribution in [0.1, 0.15) is 36.6 Å². The lowest BCUT2D eigenvalue weighted by Crippen LogP contribution is -2.37. The Balaban J connectivity index is 1.72. The van der Waals surface area contributed by atoms with Crippen LogP contribution in [-0.2, 0) is 4.79 Å². The molecule has 0 saturated heterocycles. The van der Waals surface area contributed by atoms with Gasteiger partial charge in [0.2, 0.25) is 0 Å². The molecule has 1 aromatic heterocycles. The summed E-state index contributed by atoms with van der Waals surface area (Å²) in [7, 11) is 0. The number of aryl methyl sites for hydroxylation is 2. The van der Waals surface area contributed by atoms with Crippen molar-refractivity contribution in [2.45, 2.75) is 39.8 Å². The Kier molecular flexibility index (Phi) is 5.31. The third-order valence-electron chi connectivity index (χ3n) is 4.62. The normalized spacial score (nSPS) is 13.2. The van der Waals surface area contributed by atoms with Gasteiger partial charge in [-0.2, -0.15) is 0 Å². The van der Waals surface area contributed by atoms with E-state index in [1.165, 1.54) is 6.07 Å². The van der Waals surface area contributed by atoms with E-state index in [2.05, 4.69) is 5.32 Å². The van der Waals surface area contributed by atoms with Crippen LogP contribution in [0.3, 0.4) is 0 Å². The molecule has 5 heteroatoms. The van der Waals surface area contributed by atoms with E-state index in [0.29, 0.717) is 11.3 Å². The van der Waals surface area contributed by atoms with Gasteiger partial charge < -0.3 is 14.5 Å². The van der Waals surface area contributed by atoms with E-state index in [0.717, 1.165) is 22.1 Å². The highest BCUT2D eigenvalue weighted by Gasteiger charge is 2.19. The fraction of sp³-hybridized carbons (Fsp3) is 0.273. The fourth-order valence-electron chi connectivity index (χ4n) is 3.12. The molecule has 1 amide bonds. The minimum atomic E-state index is -0.689. The van der Waals surface area contributed by atoms with Crippen molar-refractivity contribution in [3.63, 3.8) is 0 Å². The first kappa shape index (κ1) is 18.7. The molecule has 0 radical (unpaired) electrons. The van der Waals surface area contributed by atoms with Gasteiger partial charge in [-0.1, -0.05) is 24.3 Å². The summed E-state index contributed by atoms with van der Waals surface area (Å²) in [5, 5.41) is 3.82. The molecule has 0 bridgehead atoms. The van der Waals surface area contributed by atoms with Crippen molar-refractivity contribution < 1.29 is 13.9 Å². The van der Waals surface area contributed by atoms with Gasteiger partial charge in [0.1, 0.15) is 11.3 Å². The number of carbonyl (C=O) groups is 1. The van der Waals surface area contributed by atoms with E-state index in [1.54, 1.807) is 19.1 Å². The smallest absolute Gasteiger partial charge is 0.336 e. The lowest BCUT2D eigenvalue weighted by Gasteiger charge is -2.20. The molecule has 5 nitrogen and oxygen atoms in total. The summed E-state index contributed by atoms with van der Waals surface area (Å²) in [5.41, 5.74) is 3.07. The largest absolute Gasteiger partial charge is 0.481 e. The van der Waals surface area contributed by atoms with Crippen LogP contribution in [0.5, 0.6) is 5.75 Å². The molecule has 0 aliphatic carbocycles. The molecule has 140 valence electrons. The van der Waals surface area contributed by atoms with Gasteiger partial charge >= 0.3 is 5.63 Å². The molecule has 1 N–H and O–H groups in total. The summed E-state index contributed by atoms with van der Waals surface area (Å²) in [6.07, 6.45) is -0.689. The van der Waals surface area contributed by atoms with Crippen molar-refractivity contribution in [2.24, 2.45) is 0 Å². The average Bonchev–Trinajstić information content (AvgIpc) is 2.61. The Bertz CT molecular complexity index is 1040. The summed E-state index contributed by atoms with van der Waals surface area (Å²) in [5.74, 6) is 0.263. The molecule has 0 saturated carbocycles. The predicted octanol–water partition coefficient (Wildman–Crippen LogP) is 4.05. The maximum atomic E-state index is 12.5. The highest BCUT2D eigenvalue weighted by molar-refractivity contribution is 5.83. The summed E-state index contributed by atoms with van der Waals surface area (Å²) in [4.78, 5) is 24.1. The molecule has 27 heavy (non-hydrogen) atoms. The number of hydrogen-bond donors (Lipinski definition) is 1. The minimum Gasteiger partial charge on any atom is -0.481 e. The zero-order chi connectivity index (χ0) is 19.6. The quantitative estimate of drug-likeness (QED) is 0.693. The molecular weight excluding hydrogens is 342 g/mol. The van der Waals surface area contributed by atoms with E-state index in [9.17, 15) is 9.59 Å². The third-order valence-corrected chi connectivity index (χ3v) is 4.62. The van der Waals surface area contributed by atoms with Gasteiger partial charge in [0.25, 0.3) is 5.91 Å². The topological polar surface area (TPSA) is 68.5 Å². The molecule has 0 spiro atoms. The first-order valence-electron chi connectivity index (χ1n) is 8.92. The van der Waals surface area contributed by atoms with Crippen molar-refractivity contribution in [2.75, 3.05) is 0 Å². The molecule has 0 aliphatic rings. The molecule has 2 unspecified atom stereocenters. The van der Waals surface area contributed by atoms with Crippen LogP contribution in [-0.4, -0.2) is 12.0 Å². The van der Waals surface area contributed by atoms with E-state index in [1.807, 2.05) is 51.1 Å². The molecule has 0 aliphatic heterocycles. The first-order valence-corrected chi connectivity index (χ1v) is 8.92. The second-order valence-electron chi connectivity index (χ2n) is 6.75. The second-order valence-corrected chi connectivity index (χ2v) is 6.75. The molecule has 1 heterocycles. The van der Waals surface area contributed by atoms with Crippen LogP contribution in [0.4, 0.5) is 0 Å². The number of carbonyl (C=O) groups excluding carboxylic acids is 1. The Hall–Kier alpha value is -3.08. The highest BCUT2D eigenvalue weighted by Crippen LogP contribution is 2.23.